The highest BCUT2D eigenvalue weighted by Crippen LogP contribution is 2.33. The number of carboxylic acid groups (broad SMARTS) is 2. The third-order valence-electron chi connectivity index (χ3n) is 15.8. The summed E-state index contributed by atoms with van der Waals surface area (Å²) < 4.78 is 133. The van der Waals surface area contributed by atoms with Gasteiger partial charge in [0.1, 0.15) is 5.41 Å². The largest absolute Gasteiger partial charge is 0.481 e. The van der Waals surface area contributed by atoms with E-state index in [-0.39, 0.29) is 26.2 Å². The molecule has 31 heteroatoms. The van der Waals surface area contributed by atoms with Gasteiger partial charge >= 0.3 is 11.9 Å². The molecule has 0 fully saturated rings. The van der Waals surface area contributed by atoms with Crippen molar-refractivity contribution in [2.75, 3.05) is 330 Å². The molecular formula is C76H149NO30. The van der Waals surface area contributed by atoms with Gasteiger partial charge in [0, 0.05) is 26.2 Å². The first kappa shape index (κ1) is 104. The summed E-state index contributed by atoms with van der Waals surface area (Å²) in [6, 6.07) is 0. The molecule has 0 bridgehead atoms. The summed E-state index contributed by atoms with van der Waals surface area (Å²) in [7, 11) is 0. The molecule has 1 atom stereocenters. The summed E-state index contributed by atoms with van der Waals surface area (Å²) in [5.41, 5.74) is -1.46. The summed E-state index contributed by atoms with van der Waals surface area (Å²) in [5.74, 6) is -2.24. The molecule has 0 aromatic rings. The third kappa shape index (κ3) is 84.2. The maximum atomic E-state index is 13.6. The first-order chi connectivity index (χ1) is 52.9. The fourth-order valence-electron chi connectivity index (χ4n) is 9.90. The molecule has 0 aromatic heterocycles. The summed E-state index contributed by atoms with van der Waals surface area (Å²) in [5, 5.41) is 30.8. The summed E-state index contributed by atoms with van der Waals surface area (Å²) in [4.78, 5) is 37.1. The topological polar surface area (TPSA) is 345 Å². The van der Waals surface area contributed by atoms with Crippen molar-refractivity contribution in [3.8, 4) is 0 Å². The van der Waals surface area contributed by atoms with Crippen LogP contribution in [-0.2, 0) is 128 Å². The first-order valence-electron chi connectivity index (χ1n) is 40.1. The van der Waals surface area contributed by atoms with Crippen LogP contribution in [0.4, 0.5) is 0 Å². The predicted octanol–water partition coefficient (Wildman–Crippen LogP) is 6.86. The number of rotatable bonds is 98. The molecule has 0 saturated heterocycles. The second-order valence-corrected chi connectivity index (χ2v) is 24.7. The molecule has 31 nitrogen and oxygen atoms in total. The molecule has 0 radical (unpaired) electrons. The van der Waals surface area contributed by atoms with E-state index in [1.807, 2.05) is 0 Å². The molecule has 0 aliphatic carbocycles. The van der Waals surface area contributed by atoms with Crippen molar-refractivity contribution < 1.29 is 143 Å². The lowest BCUT2D eigenvalue weighted by Gasteiger charge is -2.28. The average molecular weight is 1560 g/mol. The molecule has 0 spiro atoms. The van der Waals surface area contributed by atoms with E-state index in [9.17, 15) is 19.5 Å². The Morgan fingerprint density at radius 2 is 0.411 bits per heavy atom. The molecule has 0 heterocycles. The number of ether oxygens (including phenoxy) is 24. The van der Waals surface area contributed by atoms with Crippen LogP contribution < -0.4 is 5.32 Å². The Morgan fingerprint density at radius 3 is 0.598 bits per heavy atom. The molecule has 0 saturated carbocycles. The second-order valence-electron chi connectivity index (χ2n) is 24.7. The van der Waals surface area contributed by atoms with E-state index in [1.54, 1.807) is 0 Å². The van der Waals surface area contributed by atoms with E-state index >= 15 is 0 Å². The Morgan fingerprint density at radius 1 is 0.234 bits per heavy atom. The van der Waals surface area contributed by atoms with Gasteiger partial charge in [-0.05, 0) is 25.7 Å². The summed E-state index contributed by atoms with van der Waals surface area (Å²) in [6.07, 6.45) is 18.6. The fourth-order valence-corrected chi connectivity index (χ4v) is 9.90. The van der Waals surface area contributed by atoms with Crippen molar-refractivity contribution in [3.05, 3.63) is 0 Å². The van der Waals surface area contributed by atoms with Crippen LogP contribution in [0.1, 0.15) is 142 Å². The lowest BCUT2D eigenvalue weighted by molar-refractivity contribution is -0.157. The quantitative estimate of drug-likeness (QED) is 0.0357. The van der Waals surface area contributed by atoms with Crippen LogP contribution in [0.25, 0.3) is 0 Å². The van der Waals surface area contributed by atoms with Gasteiger partial charge in [0.15, 0.2) is 0 Å². The van der Waals surface area contributed by atoms with Gasteiger partial charge in [0.25, 0.3) is 0 Å². The van der Waals surface area contributed by atoms with Gasteiger partial charge in [-0.3, -0.25) is 14.4 Å². The Bertz CT molecular complexity index is 1740. The molecule has 4 N–H and O–H groups in total. The van der Waals surface area contributed by atoms with E-state index in [1.165, 1.54) is 32.1 Å². The molecule has 1 unspecified atom stereocenters. The van der Waals surface area contributed by atoms with Crippen LogP contribution in [0.5, 0.6) is 0 Å². The molecule has 0 rings (SSSR count). The number of unbranched alkanes of at least 4 members (excludes halogenated alkanes) is 15. The zero-order chi connectivity index (χ0) is 77.1. The lowest BCUT2D eigenvalue weighted by Crippen LogP contribution is -2.47. The number of aliphatic hydroxyl groups excluding tert-OH is 1. The smallest absolute Gasteiger partial charge is 0.319 e. The zero-order valence-corrected chi connectivity index (χ0v) is 66.1. The molecule has 1 amide bonds. The number of carbonyl (C=O) groups is 3. The van der Waals surface area contributed by atoms with Crippen molar-refractivity contribution in [1.82, 2.24) is 5.32 Å². The Kier molecular flexibility index (Phi) is 90.0. The summed E-state index contributed by atoms with van der Waals surface area (Å²) in [6.45, 7) is 24.8. The van der Waals surface area contributed by atoms with E-state index in [4.69, 9.17) is 124 Å². The molecular weight excluding hydrogens is 1410 g/mol. The van der Waals surface area contributed by atoms with Crippen molar-refractivity contribution in [2.24, 2.45) is 5.41 Å². The van der Waals surface area contributed by atoms with E-state index in [0.717, 1.165) is 57.8 Å². The maximum Gasteiger partial charge on any atom is 0.319 e. The number of amides is 1. The highest BCUT2D eigenvalue weighted by Gasteiger charge is 2.44. The average Bonchev–Trinajstić information content (AvgIpc) is 0.819. The van der Waals surface area contributed by atoms with Crippen molar-refractivity contribution in [3.63, 3.8) is 0 Å². The number of carbonyl (C=O) groups excluding carboxylic acids is 1. The van der Waals surface area contributed by atoms with Gasteiger partial charge in [0.2, 0.25) is 5.91 Å². The van der Waals surface area contributed by atoms with E-state index < -0.39 is 23.3 Å². The third-order valence-corrected chi connectivity index (χ3v) is 15.8. The monoisotopic (exact) mass is 1560 g/mol. The Balaban J connectivity index is 3.41. The van der Waals surface area contributed by atoms with Gasteiger partial charge < -0.3 is 134 Å². The van der Waals surface area contributed by atoms with Crippen LogP contribution in [0.2, 0.25) is 0 Å². The van der Waals surface area contributed by atoms with Crippen molar-refractivity contribution in [2.45, 2.75) is 142 Å². The predicted molar refractivity (Wildman–Crippen MR) is 400 cm³/mol. The molecule has 107 heavy (non-hydrogen) atoms. The normalized spacial score (nSPS) is 12.3. The molecule has 638 valence electrons. The Labute approximate surface area is 641 Å². The molecule has 0 aliphatic rings. The first-order valence-corrected chi connectivity index (χ1v) is 40.1. The van der Waals surface area contributed by atoms with Crippen LogP contribution in [0.3, 0.4) is 0 Å². The Hall–Kier alpha value is -2.59. The van der Waals surface area contributed by atoms with Crippen LogP contribution in [0, 0.1) is 5.41 Å². The van der Waals surface area contributed by atoms with E-state index in [0.29, 0.717) is 349 Å². The van der Waals surface area contributed by atoms with Crippen LogP contribution in [-0.4, -0.2) is 363 Å². The number of hydrogen-bond acceptors (Lipinski definition) is 28. The highest BCUT2D eigenvalue weighted by molar-refractivity contribution is 6.01. The standard InChI is InChI=1S/C76H149NO30/c1-2-3-4-5-6-8-11-14-17-21-76(75(82)83,22-18-15-12-9-7-10-13-16-20-73(79)80)74(81)77-23-26-85-28-30-87-32-34-89-36-38-91-40-42-93-44-46-95-48-50-97-52-54-99-56-58-101-60-62-103-64-66-105-68-70-107-72-71-106-69-67-104-65-63-102-61-59-100-57-55-98-53-51-96-49-47-94-45-43-92-41-39-90-37-35-88-33-31-86-29-27-84-25-19-24-78/h78H,2-72H2,1H3,(H,77,81)(H,79,80)(H,82,83). The highest BCUT2D eigenvalue weighted by atomic mass is 16.6. The fraction of sp³-hybridized carbons (Fsp3) is 0.961. The lowest BCUT2D eigenvalue weighted by atomic mass is 9.76. The number of hydrogen-bond donors (Lipinski definition) is 4. The van der Waals surface area contributed by atoms with Gasteiger partial charge in [-0.2, -0.15) is 0 Å². The minimum Gasteiger partial charge on any atom is -0.481 e. The minimum absolute atomic E-state index is 0.137. The van der Waals surface area contributed by atoms with Gasteiger partial charge in [-0.25, -0.2) is 0 Å². The van der Waals surface area contributed by atoms with Gasteiger partial charge in [-0.15, -0.1) is 0 Å². The van der Waals surface area contributed by atoms with Crippen molar-refractivity contribution in [1.29, 1.82) is 0 Å². The van der Waals surface area contributed by atoms with Gasteiger partial charge in [0.05, 0.1) is 311 Å². The zero-order valence-electron chi connectivity index (χ0n) is 66.1. The SMILES string of the molecule is CCCCCCCCCCCC(CCCCCCCCCCC(=O)O)(C(=O)O)C(=O)NCCOCCOCCOCCOCCOCCOCCOCCOCCOCCOCCOCCOCCOCCOCCOCCOCCOCCOCCOCCOCCOCCOCCOCCOCCCO. The maximum absolute atomic E-state index is 13.6. The van der Waals surface area contributed by atoms with Crippen molar-refractivity contribution >= 4 is 17.8 Å². The number of aliphatic carboxylic acids is 2. The number of carboxylic acids is 2. The minimum atomic E-state index is -1.46. The van der Waals surface area contributed by atoms with Gasteiger partial charge in [-0.1, -0.05) is 110 Å². The molecule has 0 aliphatic heterocycles. The number of nitrogens with one attached hydrogen (secondary N) is 1. The van der Waals surface area contributed by atoms with Crippen LogP contribution >= 0.6 is 0 Å². The van der Waals surface area contributed by atoms with Crippen LogP contribution in [0.15, 0.2) is 0 Å². The summed E-state index contributed by atoms with van der Waals surface area (Å²) >= 11 is 0. The molecule has 0 aromatic carbocycles. The van der Waals surface area contributed by atoms with E-state index in [2.05, 4.69) is 12.2 Å². The second kappa shape index (κ2) is 92.3. The number of aliphatic hydroxyl groups is 1.